The number of aliphatic hydroxyl groups excluding tert-OH is 1. The zero-order chi connectivity index (χ0) is 23.4. The lowest BCUT2D eigenvalue weighted by Gasteiger charge is -2.36. The number of carbonyl (C=O) groups excluding carboxylic acids is 1. The van der Waals surface area contributed by atoms with E-state index in [-0.39, 0.29) is 53.8 Å². The largest absolute Gasteiger partial charge is 0.508 e. The highest BCUT2D eigenvalue weighted by Crippen LogP contribution is 2.49. The molecule has 0 saturated carbocycles. The number of aliphatic hydroxyl groups is 1. The summed E-state index contributed by atoms with van der Waals surface area (Å²) >= 11 is 0. The third-order valence-electron chi connectivity index (χ3n) is 6.61. The molecule has 0 bridgehead atoms. The summed E-state index contributed by atoms with van der Waals surface area (Å²) in [6, 6.07) is 10.1. The van der Waals surface area contributed by atoms with Gasteiger partial charge in [0.05, 0.1) is 12.5 Å². The third-order valence-corrected chi connectivity index (χ3v) is 6.61. The number of rotatable bonds is 2. The average molecular weight is 450 g/mol. The maximum Gasteiger partial charge on any atom is 0.312 e. The number of phenols is 5. The van der Waals surface area contributed by atoms with Gasteiger partial charge in [-0.15, -0.1) is 0 Å². The summed E-state index contributed by atoms with van der Waals surface area (Å²) in [6.07, 6.45) is -0.424. The van der Waals surface area contributed by atoms with Crippen LogP contribution in [0.2, 0.25) is 0 Å². The Balaban J connectivity index is 1.66. The summed E-state index contributed by atoms with van der Waals surface area (Å²) in [4.78, 5) is 12.3. The third kappa shape index (κ3) is 3.48. The molecule has 3 atom stereocenters. The number of aromatic hydroxyl groups is 5. The van der Waals surface area contributed by atoms with E-state index in [1.807, 2.05) is 0 Å². The normalized spacial score (nSPS) is 21.7. The molecule has 5 rings (SSSR count). The molecule has 0 saturated heterocycles. The molecule has 0 radical (unpaired) electrons. The average Bonchev–Trinajstić information content (AvgIpc) is 2.77. The SMILES string of the molecule is O=C1C[C@@H](c2ccc(O)c(O)c2)c2c(cc(O)c3c2C[C@H](c2ccc(O)c(O)c2)[C@H](O)C3)O1. The fourth-order valence-electron chi connectivity index (χ4n) is 4.98. The predicted octanol–water partition coefficient (Wildman–Crippen LogP) is 2.90. The van der Waals surface area contributed by atoms with Gasteiger partial charge < -0.3 is 35.4 Å². The lowest BCUT2D eigenvalue weighted by molar-refractivity contribution is -0.135. The van der Waals surface area contributed by atoms with Crippen molar-refractivity contribution in [2.75, 3.05) is 0 Å². The number of hydrogen-bond donors (Lipinski definition) is 6. The molecule has 0 spiro atoms. The molecule has 3 aromatic rings. The van der Waals surface area contributed by atoms with Gasteiger partial charge in [0.15, 0.2) is 23.0 Å². The zero-order valence-corrected chi connectivity index (χ0v) is 17.4. The van der Waals surface area contributed by atoms with Crippen LogP contribution < -0.4 is 4.74 Å². The van der Waals surface area contributed by atoms with Gasteiger partial charge in [-0.3, -0.25) is 4.79 Å². The Kier molecular flexibility index (Phi) is 4.83. The quantitative estimate of drug-likeness (QED) is 0.198. The topological polar surface area (TPSA) is 148 Å². The maximum absolute atomic E-state index is 12.3. The number of benzene rings is 3. The van der Waals surface area contributed by atoms with Crippen LogP contribution in [0.3, 0.4) is 0 Å². The number of fused-ring (bicyclic) bond motifs is 3. The van der Waals surface area contributed by atoms with Crippen LogP contribution >= 0.6 is 0 Å². The van der Waals surface area contributed by atoms with Crippen molar-refractivity contribution in [3.63, 3.8) is 0 Å². The maximum atomic E-state index is 12.3. The standard InChI is InChI=1S/C25H22O8/c26-17-3-1-11(5-21(17)30)13-7-16-15(8-19(13)28)20(29)10-23-25(16)14(9-24(32)33-23)12-2-4-18(27)22(31)6-12/h1-6,10,13-14,19,26-31H,7-9H2/t13-,14+,19-/m1/s1. The van der Waals surface area contributed by atoms with Crippen molar-refractivity contribution >= 4 is 5.97 Å². The molecule has 170 valence electrons. The molecule has 33 heavy (non-hydrogen) atoms. The van der Waals surface area contributed by atoms with Gasteiger partial charge in [-0.2, -0.15) is 0 Å². The van der Waals surface area contributed by atoms with Crippen molar-refractivity contribution in [1.82, 2.24) is 0 Å². The Morgan fingerprint density at radius 1 is 0.697 bits per heavy atom. The van der Waals surface area contributed by atoms with Gasteiger partial charge >= 0.3 is 5.97 Å². The number of hydrogen-bond acceptors (Lipinski definition) is 8. The van der Waals surface area contributed by atoms with E-state index in [0.717, 1.165) is 5.56 Å². The van der Waals surface area contributed by atoms with E-state index in [2.05, 4.69) is 0 Å². The van der Waals surface area contributed by atoms with Crippen LogP contribution in [0.25, 0.3) is 0 Å². The molecule has 1 aliphatic heterocycles. The van der Waals surface area contributed by atoms with E-state index in [9.17, 15) is 35.4 Å². The van der Waals surface area contributed by atoms with Gasteiger partial charge in [0.1, 0.15) is 11.5 Å². The smallest absolute Gasteiger partial charge is 0.312 e. The van der Waals surface area contributed by atoms with E-state index in [0.29, 0.717) is 22.3 Å². The first-order valence-corrected chi connectivity index (χ1v) is 10.5. The highest BCUT2D eigenvalue weighted by Gasteiger charge is 2.38. The second-order valence-corrected chi connectivity index (χ2v) is 8.57. The molecule has 6 N–H and O–H groups in total. The summed E-state index contributed by atoms with van der Waals surface area (Å²) in [5, 5.41) is 60.8. The second kappa shape index (κ2) is 7.60. The fraction of sp³-hybridized carbons (Fsp3) is 0.240. The second-order valence-electron chi connectivity index (χ2n) is 8.57. The van der Waals surface area contributed by atoms with Crippen molar-refractivity contribution < 1.29 is 40.2 Å². The van der Waals surface area contributed by atoms with Crippen LogP contribution in [0.4, 0.5) is 0 Å². The van der Waals surface area contributed by atoms with Gasteiger partial charge in [-0.05, 0) is 47.4 Å². The van der Waals surface area contributed by atoms with Crippen molar-refractivity contribution in [1.29, 1.82) is 0 Å². The van der Waals surface area contributed by atoms with Crippen LogP contribution in [0, 0.1) is 0 Å². The predicted molar refractivity (Wildman–Crippen MR) is 116 cm³/mol. The fourth-order valence-corrected chi connectivity index (χ4v) is 4.98. The van der Waals surface area contributed by atoms with Crippen molar-refractivity contribution in [2.24, 2.45) is 0 Å². The van der Waals surface area contributed by atoms with E-state index in [1.54, 1.807) is 12.1 Å². The van der Waals surface area contributed by atoms with E-state index in [1.165, 1.54) is 30.3 Å². The van der Waals surface area contributed by atoms with E-state index < -0.39 is 23.9 Å². The Hall–Kier alpha value is -3.91. The summed E-state index contributed by atoms with van der Waals surface area (Å²) in [7, 11) is 0. The Bertz CT molecular complexity index is 1280. The molecule has 8 heteroatoms. The zero-order valence-electron chi connectivity index (χ0n) is 17.4. The van der Waals surface area contributed by atoms with Crippen molar-refractivity contribution in [2.45, 2.75) is 37.2 Å². The summed E-state index contributed by atoms with van der Waals surface area (Å²) in [5.41, 5.74) is 3.16. The molecular formula is C25H22O8. The van der Waals surface area contributed by atoms with E-state index in [4.69, 9.17) is 4.74 Å². The highest BCUT2D eigenvalue weighted by atomic mass is 16.5. The molecule has 0 aromatic heterocycles. The van der Waals surface area contributed by atoms with Gasteiger partial charge in [0, 0.05) is 35.4 Å². The first kappa shape index (κ1) is 21.0. The van der Waals surface area contributed by atoms with Crippen molar-refractivity contribution in [3.05, 3.63) is 70.3 Å². The molecule has 0 fully saturated rings. The number of ether oxygens (including phenoxy) is 1. The highest BCUT2D eigenvalue weighted by molar-refractivity contribution is 5.79. The van der Waals surface area contributed by atoms with Gasteiger partial charge in [0.25, 0.3) is 0 Å². The summed E-state index contributed by atoms with van der Waals surface area (Å²) in [5.74, 6) is -2.45. The van der Waals surface area contributed by atoms with Gasteiger partial charge in [-0.1, -0.05) is 12.1 Å². The first-order valence-electron chi connectivity index (χ1n) is 10.5. The lowest BCUT2D eigenvalue weighted by atomic mass is 9.72. The first-order chi connectivity index (χ1) is 15.7. The van der Waals surface area contributed by atoms with Gasteiger partial charge in [0.2, 0.25) is 0 Å². The molecular weight excluding hydrogens is 428 g/mol. The Morgan fingerprint density at radius 2 is 1.33 bits per heavy atom. The Morgan fingerprint density at radius 3 is 2.00 bits per heavy atom. The molecule has 3 aromatic carbocycles. The number of phenolic OH excluding ortho intramolecular Hbond substituents is 5. The molecule has 1 aliphatic carbocycles. The minimum atomic E-state index is -0.854. The van der Waals surface area contributed by atoms with Crippen LogP contribution in [0.5, 0.6) is 34.5 Å². The lowest BCUT2D eigenvalue weighted by Crippen LogP contribution is -2.31. The molecule has 1 heterocycles. The van der Waals surface area contributed by atoms with Gasteiger partial charge in [-0.25, -0.2) is 0 Å². The minimum absolute atomic E-state index is 0.00164. The van der Waals surface area contributed by atoms with Crippen LogP contribution in [0.15, 0.2) is 42.5 Å². The van der Waals surface area contributed by atoms with Crippen molar-refractivity contribution in [3.8, 4) is 34.5 Å². The van der Waals surface area contributed by atoms with E-state index >= 15 is 0 Å². The summed E-state index contributed by atoms with van der Waals surface area (Å²) < 4.78 is 5.44. The van der Waals surface area contributed by atoms with Crippen LogP contribution in [0.1, 0.15) is 46.1 Å². The molecule has 0 amide bonds. The van der Waals surface area contributed by atoms with Crippen LogP contribution in [-0.4, -0.2) is 42.7 Å². The van der Waals surface area contributed by atoms with Crippen LogP contribution in [-0.2, 0) is 17.6 Å². The monoisotopic (exact) mass is 450 g/mol. The number of carbonyl (C=O) groups is 1. The number of esters is 1. The summed E-state index contributed by atoms with van der Waals surface area (Å²) in [6.45, 7) is 0. The molecule has 0 unspecified atom stereocenters. The Labute approximate surface area is 188 Å². The molecule has 2 aliphatic rings. The molecule has 8 nitrogen and oxygen atoms in total. The minimum Gasteiger partial charge on any atom is -0.508 e.